The molecule has 0 bridgehead atoms. The Bertz CT molecular complexity index is 840. The van der Waals surface area contributed by atoms with Crippen molar-refractivity contribution in [2.45, 2.75) is 20.0 Å². The van der Waals surface area contributed by atoms with E-state index in [9.17, 15) is 4.79 Å². The SMILES string of the molecule is CCc1ccc(OCc2ccccc2-c2nc(C(=O)O)cs2)cc1. The Morgan fingerprint density at radius 1 is 1.17 bits per heavy atom. The number of rotatable bonds is 6. The summed E-state index contributed by atoms with van der Waals surface area (Å²) in [7, 11) is 0. The molecule has 0 fully saturated rings. The van der Waals surface area contributed by atoms with Gasteiger partial charge in [-0.25, -0.2) is 9.78 Å². The molecular formula is C19H17NO3S. The van der Waals surface area contributed by atoms with Gasteiger partial charge in [-0.05, 0) is 29.7 Å². The van der Waals surface area contributed by atoms with Gasteiger partial charge in [-0.3, -0.25) is 0 Å². The van der Waals surface area contributed by atoms with Crippen molar-refractivity contribution in [2.24, 2.45) is 0 Å². The monoisotopic (exact) mass is 339 g/mol. The molecule has 122 valence electrons. The average molecular weight is 339 g/mol. The first-order valence-electron chi connectivity index (χ1n) is 7.66. The summed E-state index contributed by atoms with van der Waals surface area (Å²) in [6.07, 6.45) is 0.999. The van der Waals surface area contributed by atoms with Gasteiger partial charge in [0.1, 0.15) is 17.4 Å². The number of carbonyl (C=O) groups is 1. The van der Waals surface area contributed by atoms with Crippen LogP contribution < -0.4 is 4.74 Å². The van der Waals surface area contributed by atoms with E-state index >= 15 is 0 Å². The van der Waals surface area contributed by atoms with Crippen LogP contribution in [0.5, 0.6) is 5.75 Å². The van der Waals surface area contributed by atoms with Crippen molar-refractivity contribution >= 4 is 17.3 Å². The summed E-state index contributed by atoms with van der Waals surface area (Å²) in [5.74, 6) is -0.199. The van der Waals surface area contributed by atoms with E-state index in [0.717, 1.165) is 23.3 Å². The molecule has 0 aliphatic heterocycles. The van der Waals surface area contributed by atoms with Crippen molar-refractivity contribution in [1.29, 1.82) is 0 Å². The molecule has 0 spiro atoms. The van der Waals surface area contributed by atoms with Crippen molar-refractivity contribution < 1.29 is 14.6 Å². The molecule has 0 aliphatic carbocycles. The van der Waals surface area contributed by atoms with Crippen molar-refractivity contribution in [2.75, 3.05) is 0 Å². The first kappa shape index (κ1) is 16.2. The fourth-order valence-corrected chi connectivity index (χ4v) is 3.19. The van der Waals surface area contributed by atoms with Gasteiger partial charge in [-0.2, -0.15) is 0 Å². The molecule has 3 aromatic rings. The molecule has 0 amide bonds. The molecule has 0 unspecified atom stereocenters. The molecular weight excluding hydrogens is 322 g/mol. The van der Waals surface area contributed by atoms with Crippen LogP contribution in [0.1, 0.15) is 28.5 Å². The van der Waals surface area contributed by atoms with Gasteiger partial charge in [-0.1, -0.05) is 43.3 Å². The minimum atomic E-state index is -1.01. The number of aromatic nitrogens is 1. The lowest BCUT2D eigenvalue weighted by Gasteiger charge is -2.10. The largest absolute Gasteiger partial charge is 0.489 e. The van der Waals surface area contributed by atoms with Crippen LogP contribution >= 0.6 is 11.3 Å². The second-order valence-electron chi connectivity index (χ2n) is 5.29. The second kappa shape index (κ2) is 7.27. The van der Waals surface area contributed by atoms with Crippen LogP contribution in [0.2, 0.25) is 0 Å². The number of aromatic carboxylic acids is 1. The van der Waals surface area contributed by atoms with Crippen molar-refractivity contribution in [3.8, 4) is 16.3 Å². The normalized spacial score (nSPS) is 10.5. The molecule has 0 saturated carbocycles. The minimum Gasteiger partial charge on any atom is -0.489 e. The third kappa shape index (κ3) is 3.63. The van der Waals surface area contributed by atoms with E-state index < -0.39 is 5.97 Å². The average Bonchev–Trinajstić information content (AvgIpc) is 3.11. The maximum absolute atomic E-state index is 11.0. The van der Waals surface area contributed by atoms with E-state index in [1.54, 1.807) is 5.38 Å². The van der Waals surface area contributed by atoms with E-state index in [1.807, 2.05) is 36.4 Å². The lowest BCUT2D eigenvalue weighted by Crippen LogP contribution is -1.99. The van der Waals surface area contributed by atoms with Crippen molar-refractivity contribution in [3.05, 3.63) is 70.7 Å². The van der Waals surface area contributed by atoms with Gasteiger partial charge in [0.05, 0.1) is 0 Å². The molecule has 24 heavy (non-hydrogen) atoms. The number of hydrogen-bond acceptors (Lipinski definition) is 4. The van der Waals surface area contributed by atoms with Crippen LogP contribution in [0.15, 0.2) is 53.9 Å². The lowest BCUT2D eigenvalue weighted by atomic mass is 10.1. The maximum atomic E-state index is 11.0. The summed E-state index contributed by atoms with van der Waals surface area (Å²) in [5.41, 5.74) is 3.22. The maximum Gasteiger partial charge on any atom is 0.355 e. The summed E-state index contributed by atoms with van der Waals surface area (Å²) < 4.78 is 5.87. The Morgan fingerprint density at radius 2 is 1.92 bits per heavy atom. The molecule has 3 rings (SSSR count). The van der Waals surface area contributed by atoms with E-state index in [4.69, 9.17) is 9.84 Å². The Labute approximate surface area is 144 Å². The number of ether oxygens (including phenoxy) is 1. The first-order chi connectivity index (χ1) is 11.7. The zero-order chi connectivity index (χ0) is 16.9. The molecule has 0 aliphatic rings. The molecule has 1 heterocycles. The van der Waals surface area contributed by atoms with Crippen LogP contribution in [0.3, 0.4) is 0 Å². The first-order valence-corrected chi connectivity index (χ1v) is 8.54. The summed E-state index contributed by atoms with van der Waals surface area (Å²) >= 11 is 1.32. The smallest absolute Gasteiger partial charge is 0.355 e. The molecule has 0 atom stereocenters. The predicted molar refractivity (Wildman–Crippen MR) is 94.7 cm³/mol. The van der Waals surface area contributed by atoms with Gasteiger partial charge >= 0.3 is 5.97 Å². The number of carboxylic acids is 1. The van der Waals surface area contributed by atoms with Gasteiger partial charge in [-0.15, -0.1) is 11.3 Å². The standard InChI is InChI=1S/C19H17NO3S/c1-2-13-7-9-15(10-8-13)23-11-14-5-3-4-6-16(14)18-20-17(12-24-18)19(21)22/h3-10,12H,2,11H2,1H3,(H,21,22). The zero-order valence-electron chi connectivity index (χ0n) is 13.2. The third-order valence-corrected chi connectivity index (χ3v) is 4.57. The Hall–Kier alpha value is -2.66. The summed E-state index contributed by atoms with van der Waals surface area (Å²) in [5, 5.41) is 11.3. The highest BCUT2D eigenvalue weighted by molar-refractivity contribution is 7.13. The van der Waals surface area contributed by atoms with Crippen LogP contribution in [0.4, 0.5) is 0 Å². The Kier molecular flexibility index (Phi) is 4.91. The van der Waals surface area contributed by atoms with Gasteiger partial charge in [0.2, 0.25) is 0 Å². The molecule has 0 saturated heterocycles. The quantitative estimate of drug-likeness (QED) is 0.710. The minimum absolute atomic E-state index is 0.0703. The molecule has 4 nitrogen and oxygen atoms in total. The summed E-state index contributed by atoms with van der Waals surface area (Å²) in [6, 6.07) is 15.8. The van der Waals surface area contributed by atoms with Crippen molar-refractivity contribution in [1.82, 2.24) is 4.98 Å². The number of benzene rings is 2. The number of nitrogens with zero attached hydrogens (tertiary/aromatic N) is 1. The van der Waals surface area contributed by atoms with Crippen LogP contribution in [-0.2, 0) is 13.0 Å². The highest BCUT2D eigenvalue weighted by atomic mass is 32.1. The van der Waals surface area contributed by atoms with E-state index in [-0.39, 0.29) is 5.69 Å². The van der Waals surface area contributed by atoms with Crippen LogP contribution in [-0.4, -0.2) is 16.1 Å². The van der Waals surface area contributed by atoms with Gasteiger partial charge in [0.25, 0.3) is 0 Å². The molecule has 2 aromatic carbocycles. The lowest BCUT2D eigenvalue weighted by molar-refractivity contribution is 0.0691. The highest BCUT2D eigenvalue weighted by Gasteiger charge is 2.13. The molecule has 5 heteroatoms. The number of aryl methyl sites for hydroxylation is 1. The van der Waals surface area contributed by atoms with Gasteiger partial charge in [0, 0.05) is 10.9 Å². The van der Waals surface area contributed by atoms with Crippen molar-refractivity contribution in [3.63, 3.8) is 0 Å². The van der Waals surface area contributed by atoms with Gasteiger partial charge < -0.3 is 9.84 Å². The number of thiazole rings is 1. The fourth-order valence-electron chi connectivity index (χ4n) is 2.33. The molecule has 1 N–H and O–H groups in total. The topological polar surface area (TPSA) is 59.4 Å². The van der Waals surface area contributed by atoms with E-state index in [0.29, 0.717) is 11.6 Å². The van der Waals surface area contributed by atoms with Gasteiger partial charge in [0.15, 0.2) is 5.69 Å². The number of hydrogen-bond donors (Lipinski definition) is 1. The van der Waals surface area contributed by atoms with Crippen LogP contribution in [0.25, 0.3) is 10.6 Å². The second-order valence-corrected chi connectivity index (χ2v) is 6.14. The summed E-state index contributed by atoms with van der Waals surface area (Å²) in [6.45, 7) is 2.52. The molecule has 1 aromatic heterocycles. The predicted octanol–water partition coefficient (Wildman–Crippen LogP) is 4.65. The number of carboxylic acid groups (broad SMARTS) is 1. The van der Waals surface area contributed by atoms with Crippen LogP contribution in [0, 0.1) is 0 Å². The summed E-state index contributed by atoms with van der Waals surface area (Å²) in [4.78, 5) is 15.2. The fraction of sp³-hybridized carbons (Fsp3) is 0.158. The Balaban J connectivity index is 1.79. The molecule has 0 radical (unpaired) electrons. The Morgan fingerprint density at radius 3 is 2.58 bits per heavy atom. The highest BCUT2D eigenvalue weighted by Crippen LogP contribution is 2.28. The zero-order valence-corrected chi connectivity index (χ0v) is 14.0. The van der Waals surface area contributed by atoms with E-state index in [2.05, 4.69) is 24.0 Å². The third-order valence-electron chi connectivity index (χ3n) is 3.70. The van der Waals surface area contributed by atoms with E-state index in [1.165, 1.54) is 16.9 Å².